The molecular weight excluding hydrogens is 206 g/mol. The van der Waals surface area contributed by atoms with Crippen molar-refractivity contribution in [1.29, 1.82) is 0 Å². The van der Waals surface area contributed by atoms with E-state index in [0.29, 0.717) is 26.3 Å². The molecule has 0 unspecified atom stereocenters. The molecule has 0 saturated carbocycles. The molecule has 6 heteroatoms. The second-order valence-corrected chi connectivity index (χ2v) is 5.53. The quantitative estimate of drug-likeness (QED) is 0.535. The van der Waals surface area contributed by atoms with Gasteiger partial charge in [0.2, 0.25) is 0 Å². The minimum Gasteiger partial charge on any atom is -0.394 e. The Labute approximate surface area is 85.6 Å². The zero-order valence-corrected chi connectivity index (χ0v) is 9.59. The average Bonchev–Trinajstić information content (AvgIpc) is 2.08. The first kappa shape index (κ1) is 13.8. The molecule has 0 bridgehead atoms. The predicted octanol–water partition coefficient (Wildman–Crippen LogP) is -1.03. The van der Waals surface area contributed by atoms with E-state index in [1.807, 2.05) is 11.9 Å². The lowest BCUT2D eigenvalue weighted by Gasteiger charge is -2.15. The third-order valence-electron chi connectivity index (χ3n) is 1.70. The first-order chi connectivity index (χ1) is 6.45. The van der Waals surface area contributed by atoms with E-state index in [1.54, 1.807) is 0 Å². The molecule has 14 heavy (non-hydrogen) atoms. The van der Waals surface area contributed by atoms with Gasteiger partial charge in [0.15, 0.2) is 0 Å². The Morgan fingerprint density at radius 2 is 1.93 bits per heavy atom. The lowest BCUT2D eigenvalue weighted by molar-refractivity contribution is 0.0794. The lowest BCUT2D eigenvalue weighted by atomic mass is 10.5. The topological polar surface area (TPSA) is 66.8 Å². The molecule has 1 N–H and O–H groups in total. The number of likely N-dealkylation sites (N-methyl/N-ethyl adjacent to an activating group) is 1. The first-order valence-corrected chi connectivity index (χ1v) is 6.56. The smallest absolute Gasteiger partial charge is 0.148 e. The highest BCUT2D eigenvalue weighted by atomic mass is 32.2. The van der Waals surface area contributed by atoms with Crippen LogP contribution in [0.1, 0.15) is 0 Å². The predicted molar refractivity (Wildman–Crippen MR) is 55.1 cm³/mol. The molecule has 0 fully saturated rings. The minimum absolute atomic E-state index is 0.0209. The standard InChI is InChI=1S/C8H19NO4S/c1-9(3-6-13-7-5-10)4-8-14(2,11)12/h10H,3-8H2,1-2H3. The Hall–Kier alpha value is -0.170. The summed E-state index contributed by atoms with van der Waals surface area (Å²) in [6, 6.07) is 0. The molecule has 5 nitrogen and oxygen atoms in total. The van der Waals surface area contributed by atoms with Crippen LogP contribution >= 0.6 is 0 Å². The van der Waals surface area contributed by atoms with Gasteiger partial charge in [0.1, 0.15) is 9.84 Å². The minimum atomic E-state index is -2.88. The van der Waals surface area contributed by atoms with Crippen molar-refractivity contribution in [1.82, 2.24) is 4.90 Å². The van der Waals surface area contributed by atoms with Gasteiger partial charge in [0.05, 0.1) is 25.6 Å². The van der Waals surface area contributed by atoms with E-state index in [9.17, 15) is 8.42 Å². The fourth-order valence-corrected chi connectivity index (χ4v) is 1.46. The molecule has 0 aliphatic heterocycles. The van der Waals surface area contributed by atoms with E-state index in [2.05, 4.69) is 0 Å². The number of rotatable bonds is 8. The molecule has 0 aromatic carbocycles. The number of sulfone groups is 1. The van der Waals surface area contributed by atoms with Crippen molar-refractivity contribution in [2.45, 2.75) is 0 Å². The normalized spacial score (nSPS) is 12.3. The number of aliphatic hydroxyl groups excluding tert-OH is 1. The van der Waals surface area contributed by atoms with E-state index in [4.69, 9.17) is 9.84 Å². The number of aliphatic hydroxyl groups is 1. The van der Waals surface area contributed by atoms with E-state index < -0.39 is 9.84 Å². The molecule has 86 valence electrons. The molecule has 0 aliphatic rings. The fourth-order valence-electron chi connectivity index (χ4n) is 0.820. The monoisotopic (exact) mass is 225 g/mol. The van der Waals surface area contributed by atoms with Gasteiger partial charge in [-0.05, 0) is 7.05 Å². The van der Waals surface area contributed by atoms with Crippen molar-refractivity contribution < 1.29 is 18.3 Å². The summed E-state index contributed by atoms with van der Waals surface area (Å²) in [4.78, 5) is 1.89. The van der Waals surface area contributed by atoms with E-state index >= 15 is 0 Å². The van der Waals surface area contributed by atoms with Crippen LogP contribution in [0.15, 0.2) is 0 Å². The molecule has 0 saturated heterocycles. The van der Waals surface area contributed by atoms with Crippen LogP contribution < -0.4 is 0 Å². The molecule has 0 aliphatic carbocycles. The van der Waals surface area contributed by atoms with Crippen LogP contribution in [0.25, 0.3) is 0 Å². The molecule has 0 rings (SSSR count). The molecular formula is C8H19NO4S. The summed E-state index contributed by atoms with van der Waals surface area (Å²) in [5.74, 6) is 0.170. The van der Waals surface area contributed by atoms with E-state index in [1.165, 1.54) is 6.26 Å². The molecule has 0 aromatic rings. The van der Waals surface area contributed by atoms with Crippen molar-refractivity contribution in [2.75, 3.05) is 52.0 Å². The van der Waals surface area contributed by atoms with Gasteiger partial charge >= 0.3 is 0 Å². The highest BCUT2D eigenvalue weighted by Gasteiger charge is 2.04. The molecule has 0 atom stereocenters. The summed E-state index contributed by atoms with van der Waals surface area (Å²) < 4.78 is 26.7. The van der Waals surface area contributed by atoms with Crippen molar-refractivity contribution >= 4 is 9.84 Å². The maximum atomic E-state index is 10.8. The van der Waals surface area contributed by atoms with Gasteiger partial charge in [-0.2, -0.15) is 0 Å². The Balaban J connectivity index is 3.42. The molecule has 0 heterocycles. The third kappa shape index (κ3) is 9.91. The maximum absolute atomic E-state index is 10.8. The van der Waals surface area contributed by atoms with Gasteiger partial charge in [-0.3, -0.25) is 0 Å². The van der Waals surface area contributed by atoms with Gasteiger partial charge in [-0.25, -0.2) is 8.42 Å². The second-order valence-electron chi connectivity index (χ2n) is 3.27. The maximum Gasteiger partial charge on any atom is 0.148 e. The van der Waals surface area contributed by atoms with E-state index in [-0.39, 0.29) is 12.4 Å². The van der Waals surface area contributed by atoms with E-state index in [0.717, 1.165) is 0 Å². The highest BCUT2D eigenvalue weighted by Crippen LogP contribution is 1.88. The van der Waals surface area contributed by atoms with Gasteiger partial charge in [0, 0.05) is 19.3 Å². The van der Waals surface area contributed by atoms with Crippen molar-refractivity contribution in [3.63, 3.8) is 0 Å². The van der Waals surface area contributed by atoms with Crippen molar-refractivity contribution in [3.8, 4) is 0 Å². The SMILES string of the molecule is CN(CCOCCO)CCS(C)(=O)=O. The Morgan fingerprint density at radius 3 is 2.43 bits per heavy atom. The summed E-state index contributed by atoms with van der Waals surface area (Å²) in [7, 11) is -1.04. The van der Waals surface area contributed by atoms with Gasteiger partial charge in [0.25, 0.3) is 0 Å². The van der Waals surface area contributed by atoms with Crippen LogP contribution in [0.4, 0.5) is 0 Å². The Bertz CT molecular complexity index is 227. The Kier molecular flexibility index (Phi) is 7.08. The zero-order chi connectivity index (χ0) is 11.0. The van der Waals surface area contributed by atoms with Crippen LogP contribution in [0.2, 0.25) is 0 Å². The van der Waals surface area contributed by atoms with Crippen LogP contribution in [-0.2, 0) is 14.6 Å². The zero-order valence-electron chi connectivity index (χ0n) is 8.77. The molecule has 0 aromatic heterocycles. The first-order valence-electron chi connectivity index (χ1n) is 4.50. The van der Waals surface area contributed by atoms with Gasteiger partial charge in [-0.15, -0.1) is 0 Å². The molecule has 0 spiro atoms. The largest absolute Gasteiger partial charge is 0.394 e. The summed E-state index contributed by atoms with van der Waals surface area (Å²) in [5, 5.41) is 8.42. The Morgan fingerprint density at radius 1 is 1.29 bits per heavy atom. The van der Waals surface area contributed by atoms with Crippen LogP contribution in [0.3, 0.4) is 0 Å². The summed E-state index contributed by atoms with van der Waals surface area (Å²) in [6.45, 7) is 2.06. The van der Waals surface area contributed by atoms with Crippen molar-refractivity contribution in [3.05, 3.63) is 0 Å². The van der Waals surface area contributed by atoms with Gasteiger partial charge < -0.3 is 14.7 Å². The van der Waals surface area contributed by atoms with Gasteiger partial charge in [-0.1, -0.05) is 0 Å². The third-order valence-corrected chi connectivity index (χ3v) is 2.62. The molecule has 0 amide bonds. The number of ether oxygens (including phenoxy) is 1. The number of hydrogen-bond donors (Lipinski definition) is 1. The second kappa shape index (κ2) is 7.17. The van der Waals surface area contributed by atoms with Crippen LogP contribution in [-0.4, -0.2) is 70.4 Å². The fraction of sp³-hybridized carbons (Fsp3) is 1.00. The number of hydrogen-bond acceptors (Lipinski definition) is 5. The highest BCUT2D eigenvalue weighted by molar-refractivity contribution is 7.90. The van der Waals surface area contributed by atoms with Crippen LogP contribution in [0.5, 0.6) is 0 Å². The number of nitrogens with zero attached hydrogens (tertiary/aromatic N) is 1. The molecule has 0 radical (unpaired) electrons. The average molecular weight is 225 g/mol. The van der Waals surface area contributed by atoms with Crippen LogP contribution in [0, 0.1) is 0 Å². The lowest BCUT2D eigenvalue weighted by Crippen LogP contribution is -2.28. The summed E-state index contributed by atoms with van der Waals surface area (Å²) >= 11 is 0. The summed E-state index contributed by atoms with van der Waals surface area (Å²) in [6.07, 6.45) is 1.23. The summed E-state index contributed by atoms with van der Waals surface area (Å²) in [5.41, 5.74) is 0. The van der Waals surface area contributed by atoms with Crippen molar-refractivity contribution in [2.24, 2.45) is 0 Å².